The molecule has 0 radical (unpaired) electrons. The SMILES string of the molecule is C[C@H](CO)NS(=O)(=O)CCC(C)(C)C. The number of aliphatic hydroxyl groups is 1. The van der Waals surface area contributed by atoms with Gasteiger partial charge in [-0.2, -0.15) is 0 Å². The van der Waals surface area contributed by atoms with E-state index in [0.717, 1.165) is 0 Å². The van der Waals surface area contributed by atoms with Crippen LogP contribution in [0.15, 0.2) is 0 Å². The van der Waals surface area contributed by atoms with Crippen LogP contribution in [0.1, 0.15) is 34.1 Å². The van der Waals surface area contributed by atoms with E-state index >= 15 is 0 Å². The lowest BCUT2D eigenvalue weighted by molar-refractivity contribution is 0.265. The molecule has 1 atom stereocenters. The molecule has 0 aliphatic carbocycles. The van der Waals surface area contributed by atoms with Crippen molar-refractivity contribution < 1.29 is 13.5 Å². The minimum Gasteiger partial charge on any atom is -0.395 e. The normalized spacial score (nSPS) is 15.5. The van der Waals surface area contributed by atoms with Crippen molar-refractivity contribution in [3.63, 3.8) is 0 Å². The maximum absolute atomic E-state index is 11.4. The van der Waals surface area contributed by atoms with E-state index in [9.17, 15) is 8.42 Å². The van der Waals surface area contributed by atoms with Crippen LogP contribution >= 0.6 is 0 Å². The van der Waals surface area contributed by atoms with Crippen LogP contribution in [0.2, 0.25) is 0 Å². The van der Waals surface area contributed by atoms with Crippen molar-refractivity contribution in [3.05, 3.63) is 0 Å². The van der Waals surface area contributed by atoms with Crippen molar-refractivity contribution in [2.75, 3.05) is 12.4 Å². The van der Waals surface area contributed by atoms with Gasteiger partial charge in [-0.15, -0.1) is 0 Å². The molecule has 0 unspecified atom stereocenters. The number of sulfonamides is 1. The van der Waals surface area contributed by atoms with Gasteiger partial charge in [0.25, 0.3) is 0 Å². The van der Waals surface area contributed by atoms with Gasteiger partial charge < -0.3 is 5.11 Å². The Morgan fingerprint density at radius 1 is 1.36 bits per heavy atom. The van der Waals surface area contributed by atoms with E-state index in [0.29, 0.717) is 6.42 Å². The topological polar surface area (TPSA) is 66.4 Å². The molecule has 0 spiro atoms. The van der Waals surface area contributed by atoms with Crippen LogP contribution in [0.5, 0.6) is 0 Å². The molecule has 0 aromatic rings. The third-order valence-corrected chi connectivity index (χ3v) is 3.28. The van der Waals surface area contributed by atoms with Gasteiger partial charge in [-0.05, 0) is 18.8 Å². The van der Waals surface area contributed by atoms with Gasteiger partial charge in [-0.25, -0.2) is 13.1 Å². The number of nitrogens with one attached hydrogen (secondary N) is 1. The Bertz CT molecular complexity index is 254. The monoisotopic (exact) mass is 223 g/mol. The molecule has 86 valence electrons. The molecule has 5 heteroatoms. The molecule has 0 aliphatic rings. The van der Waals surface area contributed by atoms with Crippen LogP contribution in [0.4, 0.5) is 0 Å². The maximum atomic E-state index is 11.4. The van der Waals surface area contributed by atoms with E-state index in [2.05, 4.69) is 4.72 Å². The minimum atomic E-state index is -3.24. The van der Waals surface area contributed by atoms with Gasteiger partial charge in [0.05, 0.1) is 12.4 Å². The smallest absolute Gasteiger partial charge is 0.211 e. The van der Waals surface area contributed by atoms with E-state index in [4.69, 9.17) is 5.11 Å². The lowest BCUT2D eigenvalue weighted by Crippen LogP contribution is -2.37. The number of hydrogen-bond acceptors (Lipinski definition) is 3. The third-order valence-electron chi connectivity index (χ3n) is 1.78. The molecule has 0 saturated carbocycles. The van der Waals surface area contributed by atoms with Gasteiger partial charge in [0.2, 0.25) is 10.0 Å². The predicted molar refractivity (Wildman–Crippen MR) is 57.5 cm³/mol. The lowest BCUT2D eigenvalue weighted by atomic mass is 9.94. The number of hydrogen-bond donors (Lipinski definition) is 2. The highest BCUT2D eigenvalue weighted by molar-refractivity contribution is 7.89. The first-order valence-electron chi connectivity index (χ1n) is 4.77. The molecule has 0 bridgehead atoms. The summed E-state index contributed by atoms with van der Waals surface area (Å²) in [6, 6.07) is -0.403. The Morgan fingerprint density at radius 2 is 1.86 bits per heavy atom. The first-order valence-corrected chi connectivity index (χ1v) is 6.42. The number of rotatable bonds is 5. The fraction of sp³-hybridized carbons (Fsp3) is 1.00. The highest BCUT2D eigenvalue weighted by Gasteiger charge is 2.18. The second-order valence-electron chi connectivity index (χ2n) is 4.83. The highest BCUT2D eigenvalue weighted by Crippen LogP contribution is 2.18. The van der Waals surface area contributed by atoms with Crippen LogP contribution in [0.3, 0.4) is 0 Å². The van der Waals surface area contributed by atoms with Crippen LogP contribution in [0, 0.1) is 5.41 Å². The molecule has 0 aliphatic heterocycles. The van der Waals surface area contributed by atoms with Gasteiger partial charge in [0.1, 0.15) is 0 Å². The lowest BCUT2D eigenvalue weighted by Gasteiger charge is -2.19. The van der Waals surface area contributed by atoms with E-state index in [1.54, 1.807) is 6.92 Å². The molecule has 0 rings (SSSR count). The zero-order valence-electron chi connectivity index (χ0n) is 9.37. The molecule has 0 amide bonds. The summed E-state index contributed by atoms with van der Waals surface area (Å²) in [4.78, 5) is 0. The Kier molecular flexibility index (Phi) is 5.05. The zero-order chi connectivity index (χ0) is 11.4. The molecule has 0 saturated heterocycles. The van der Waals surface area contributed by atoms with Crippen LogP contribution < -0.4 is 4.72 Å². The third kappa shape index (κ3) is 7.29. The van der Waals surface area contributed by atoms with Crippen LogP contribution in [0.25, 0.3) is 0 Å². The largest absolute Gasteiger partial charge is 0.395 e. The van der Waals surface area contributed by atoms with Crippen molar-refractivity contribution in [1.82, 2.24) is 4.72 Å². The Labute approximate surface area is 86.8 Å². The summed E-state index contributed by atoms with van der Waals surface area (Å²) in [6.07, 6.45) is 0.612. The van der Waals surface area contributed by atoms with Gasteiger partial charge in [0.15, 0.2) is 0 Å². The molecule has 4 nitrogen and oxygen atoms in total. The summed E-state index contributed by atoms with van der Waals surface area (Å²) in [6.45, 7) is 7.46. The first kappa shape index (κ1) is 13.9. The molecule has 2 N–H and O–H groups in total. The van der Waals surface area contributed by atoms with E-state index in [1.807, 2.05) is 20.8 Å². The summed E-state index contributed by atoms with van der Waals surface area (Å²) in [5.41, 5.74) is 0.0111. The van der Waals surface area contributed by atoms with Gasteiger partial charge >= 0.3 is 0 Å². The average Bonchev–Trinajstić information content (AvgIpc) is 1.99. The quantitative estimate of drug-likeness (QED) is 0.722. The summed E-state index contributed by atoms with van der Waals surface area (Å²) >= 11 is 0. The molecule has 14 heavy (non-hydrogen) atoms. The Balaban J connectivity index is 4.10. The fourth-order valence-corrected chi connectivity index (χ4v) is 2.53. The van der Waals surface area contributed by atoms with E-state index in [1.165, 1.54) is 0 Å². The number of aliphatic hydroxyl groups excluding tert-OH is 1. The summed E-state index contributed by atoms with van der Waals surface area (Å²) in [5, 5.41) is 8.70. The molecule has 0 aromatic heterocycles. The van der Waals surface area contributed by atoms with Crippen LogP contribution in [-0.2, 0) is 10.0 Å². The molecule has 0 fully saturated rings. The minimum absolute atomic E-state index is 0.0111. The molecular formula is C9H21NO3S. The Morgan fingerprint density at radius 3 is 2.21 bits per heavy atom. The van der Waals surface area contributed by atoms with Crippen molar-refractivity contribution in [3.8, 4) is 0 Å². The standard InChI is InChI=1S/C9H21NO3S/c1-8(7-11)10-14(12,13)6-5-9(2,3)4/h8,10-11H,5-7H2,1-4H3/t8-/m1/s1. The predicted octanol–water partition coefficient (Wildman–Crippen LogP) is 0.723. The van der Waals surface area contributed by atoms with Crippen molar-refractivity contribution in [1.29, 1.82) is 0 Å². The average molecular weight is 223 g/mol. The summed E-state index contributed by atoms with van der Waals surface area (Å²) in [7, 11) is -3.24. The summed E-state index contributed by atoms with van der Waals surface area (Å²) < 4.78 is 25.2. The molecule has 0 aromatic carbocycles. The van der Waals surface area contributed by atoms with Crippen LogP contribution in [-0.4, -0.2) is 31.9 Å². The van der Waals surface area contributed by atoms with Gasteiger partial charge in [-0.1, -0.05) is 20.8 Å². The van der Waals surface area contributed by atoms with E-state index < -0.39 is 16.1 Å². The fourth-order valence-electron chi connectivity index (χ4n) is 0.843. The summed E-state index contributed by atoms with van der Waals surface area (Å²) in [5.74, 6) is 0.112. The zero-order valence-corrected chi connectivity index (χ0v) is 10.2. The van der Waals surface area contributed by atoms with Crippen molar-refractivity contribution >= 4 is 10.0 Å². The molecule has 0 heterocycles. The molecular weight excluding hydrogens is 202 g/mol. The second kappa shape index (κ2) is 5.09. The first-order chi connectivity index (χ1) is 6.16. The van der Waals surface area contributed by atoms with Gasteiger partial charge in [0, 0.05) is 6.04 Å². The van der Waals surface area contributed by atoms with Crippen molar-refractivity contribution in [2.24, 2.45) is 5.41 Å². The highest BCUT2D eigenvalue weighted by atomic mass is 32.2. The van der Waals surface area contributed by atoms with Gasteiger partial charge in [-0.3, -0.25) is 0 Å². The van der Waals surface area contributed by atoms with E-state index in [-0.39, 0.29) is 17.8 Å². The maximum Gasteiger partial charge on any atom is 0.211 e. The van der Waals surface area contributed by atoms with Crippen molar-refractivity contribution in [2.45, 2.75) is 40.2 Å². The second-order valence-corrected chi connectivity index (χ2v) is 6.70. The Hall–Kier alpha value is -0.130.